The van der Waals surface area contributed by atoms with Gasteiger partial charge in [0.15, 0.2) is 11.6 Å². The number of aromatic nitrogens is 4. The second kappa shape index (κ2) is 11.0. The van der Waals surface area contributed by atoms with E-state index < -0.39 is 5.97 Å². The van der Waals surface area contributed by atoms with Crippen LogP contribution in [0.1, 0.15) is 69.2 Å². The van der Waals surface area contributed by atoms with Crippen LogP contribution in [-0.2, 0) is 23.2 Å². The number of carboxylic acid groups (broad SMARTS) is 1. The van der Waals surface area contributed by atoms with Gasteiger partial charge in [0.1, 0.15) is 6.61 Å². The number of hydrogen-bond acceptors (Lipinski definition) is 7. The van der Waals surface area contributed by atoms with Crippen LogP contribution in [0, 0.1) is 12.8 Å². The molecule has 35 heavy (non-hydrogen) atoms. The van der Waals surface area contributed by atoms with Gasteiger partial charge in [-0.05, 0) is 45.4 Å². The van der Waals surface area contributed by atoms with Gasteiger partial charge < -0.3 is 19.5 Å². The van der Waals surface area contributed by atoms with E-state index in [1.165, 1.54) is 6.42 Å². The molecule has 2 aliphatic rings. The van der Waals surface area contributed by atoms with Crippen LogP contribution in [-0.4, -0.2) is 61.0 Å². The molecule has 0 spiro atoms. The number of aliphatic carboxylic acids is 1. The van der Waals surface area contributed by atoms with Gasteiger partial charge in [-0.3, -0.25) is 9.48 Å². The van der Waals surface area contributed by atoms with Crippen molar-refractivity contribution >= 4 is 12.1 Å². The van der Waals surface area contributed by atoms with Gasteiger partial charge in [-0.2, -0.15) is 5.10 Å². The first kappa shape index (κ1) is 24.9. The average Bonchev–Trinajstić information content (AvgIpc) is 3.24. The Morgan fingerprint density at radius 3 is 2.63 bits per heavy atom. The van der Waals surface area contributed by atoms with Crippen LogP contribution < -0.4 is 4.74 Å². The first-order valence-electron chi connectivity index (χ1n) is 12.5. The summed E-state index contributed by atoms with van der Waals surface area (Å²) in [6.45, 7) is 1.91. The SMILES string of the molecule is Cc1nc(-c2cnn(C)c2COC(=O)N(C)C2CCCCC2)ncc1O[C@H]1CCC[C@H](C(=O)O)C1. The van der Waals surface area contributed by atoms with Gasteiger partial charge >= 0.3 is 12.1 Å². The quantitative estimate of drug-likeness (QED) is 0.622. The van der Waals surface area contributed by atoms with Crippen LogP contribution in [0.3, 0.4) is 0 Å². The number of hydrogen-bond donors (Lipinski definition) is 1. The van der Waals surface area contributed by atoms with Crippen molar-refractivity contribution in [3.8, 4) is 17.1 Å². The molecule has 10 nitrogen and oxygen atoms in total. The van der Waals surface area contributed by atoms with Crippen molar-refractivity contribution in [2.45, 2.75) is 83.5 Å². The zero-order valence-electron chi connectivity index (χ0n) is 20.8. The Kier molecular flexibility index (Phi) is 7.87. The second-order valence-electron chi connectivity index (χ2n) is 9.67. The van der Waals surface area contributed by atoms with E-state index in [0.717, 1.165) is 38.5 Å². The lowest BCUT2D eigenvalue weighted by Gasteiger charge is -2.30. The highest BCUT2D eigenvalue weighted by molar-refractivity contribution is 5.70. The van der Waals surface area contributed by atoms with Crippen molar-refractivity contribution in [3.05, 3.63) is 23.8 Å². The number of aryl methyl sites for hydroxylation is 2. The molecule has 0 unspecified atom stereocenters. The highest BCUT2D eigenvalue weighted by atomic mass is 16.6. The molecule has 1 amide bonds. The van der Waals surface area contributed by atoms with Crippen LogP contribution in [0.15, 0.2) is 12.4 Å². The average molecular weight is 486 g/mol. The molecule has 10 heteroatoms. The molecule has 4 rings (SSSR count). The maximum Gasteiger partial charge on any atom is 0.410 e. The van der Waals surface area contributed by atoms with Gasteiger partial charge in [-0.15, -0.1) is 0 Å². The van der Waals surface area contributed by atoms with Gasteiger partial charge in [0.25, 0.3) is 0 Å². The molecule has 0 aliphatic heterocycles. The summed E-state index contributed by atoms with van der Waals surface area (Å²) in [5.74, 6) is -0.110. The number of amides is 1. The highest BCUT2D eigenvalue weighted by Crippen LogP contribution is 2.30. The fourth-order valence-corrected chi connectivity index (χ4v) is 5.03. The summed E-state index contributed by atoms with van der Waals surface area (Å²) in [5, 5.41) is 13.6. The standard InChI is InChI=1S/C25H35N5O5/c1-16-22(35-19-11-7-8-17(12-19)24(31)32)14-26-23(28-16)20-13-27-30(3)21(20)15-34-25(33)29(2)18-9-5-4-6-10-18/h13-14,17-19H,4-12,15H2,1-3H3,(H,31,32)/t17-,19-/m0/s1. The van der Waals surface area contributed by atoms with Crippen molar-refractivity contribution < 1.29 is 24.2 Å². The van der Waals surface area contributed by atoms with Gasteiger partial charge in [0, 0.05) is 20.1 Å². The Bertz CT molecular complexity index is 1050. The van der Waals surface area contributed by atoms with Crippen molar-refractivity contribution in [2.24, 2.45) is 13.0 Å². The maximum absolute atomic E-state index is 12.6. The number of carboxylic acids is 1. The molecule has 2 saturated carbocycles. The summed E-state index contributed by atoms with van der Waals surface area (Å²) < 4.78 is 13.4. The van der Waals surface area contributed by atoms with Gasteiger partial charge in [-0.25, -0.2) is 14.8 Å². The molecule has 2 heterocycles. The Morgan fingerprint density at radius 2 is 1.91 bits per heavy atom. The smallest absolute Gasteiger partial charge is 0.410 e. The van der Waals surface area contributed by atoms with Gasteiger partial charge in [0.2, 0.25) is 0 Å². The van der Waals surface area contributed by atoms with Crippen molar-refractivity contribution in [2.75, 3.05) is 7.05 Å². The lowest BCUT2D eigenvalue weighted by molar-refractivity contribution is -0.143. The summed E-state index contributed by atoms with van der Waals surface area (Å²) >= 11 is 0. The molecule has 2 fully saturated rings. The lowest BCUT2D eigenvalue weighted by Crippen LogP contribution is -2.38. The van der Waals surface area contributed by atoms with Gasteiger partial charge in [-0.1, -0.05) is 19.3 Å². The minimum atomic E-state index is -0.767. The number of ether oxygens (including phenoxy) is 2. The third kappa shape index (κ3) is 5.91. The predicted octanol–water partition coefficient (Wildman–Crippen LogP) is 4.11. The van der Waals surface area contributed by atoms with Crippen molar-refractivity contribution in [1.82, 2.24) is 24.6 Å². The molecule has 2 atom stereocenters. The van der Waals surface area contributed by atoms with Gasteiger partial charge in [0.05, 0.1) is 41.4 Å². The fourth-order valence-electron chi connectivity index (χ4n) is 5.03. The number of carbonyl (C=O) groups excluding carboxylic acids is 1. The molecule has 0 radical (unpaired) electrons. The van der Waals surface area contributed by atoms with E-state index in [9.17, 15) is 14.7 Å². The molecule has 2 aliphatic carbocycles. The predicted molar refractivity (Wildman–Crippen MR) is 128 cm³/mol. The first-order valence-corrected chi connectivity index (χ1v) is 12.5. The Hall–Kier alpha value is -3.17. The molecule has 0 saturated heterocycles. The molecule has 2 aromatic rings. The Balaban J connectivity index is 1.42. The van der Waals surface area contributed by atoms with Crippen LogP contribution in [0.25, 0.3) is 11.4 Å². The third-order valence-corrected chi connectivity index (χ3v) is 7.25. The van der Waals surface area contributed by atoms with Crippen LogP contribution in [0.2, 0.25) is 0 Å². The molecule has 190 valence electrons. The molecule has 2 aromatic heterocycles. The highest BCUT2D eigenvalue weighted by Gasteiger charge is 2.29. The molecular formula is C25H35N5O5. The summed E-state index contributed by atoms with van der Waals surface area (Å²) in [6, 6.07) is 0.232. The van der Waals surface area contributed by atoms with E-state index >= 15 is 0 Å². The second-order valence-corrected chi connectivity index (χ2v) is 9.67. The zero-order chi connectivity index (χ0) is 24.9. The van der Waals surface area contributed by atoms with E-state index in [2.05, 4.69) is 15.1 Å². The first-order chi connectivity index (χ1) is 16.8. The topological polar surface area (TPSA) is 120 Å². The van der Waals surface area contributed by atoms with E-state index in [1.807, 2.05) is 6.92 Å². The van der Waals surface area contributed by atoms with E-state index in [1.54, 1.807) is 36.1 Å². The Labute approximate surface area is 205 Å². The minimum Gasteiger partial charge on any atom is -0.487 e. The summed E-state index contributed by atoms with van der Waals surface area (Å²) in [4.78, 5) is 34.8. The monoisotopic (exact) mass is 485 g/mol. The van der Waals surface area contributed by atoms with Crippen LogP contribution in [0.5, 0.6) is 5.75 Å². The van der Waals surface area contributed by atoms with Crippen molar-refractivity contribution in [1.29, 1.82) is 0 Å². The minimum absolute atomic E-state index is 0.0705. The largest absolute Gasteiger partial charge is 0.487 e. The van der Waals surface area contributed by atoms with E-state index in [4.69, 9.17) is 9.47 Å². The number of rotatable bonds is 7. The summed E-state index contributed by atoms with van der Waals surface area (Å²) in [5.41, 5.74) is 2.06. The van der Waals surface area contributed by atoms with Crippen molar-refractivity contribution in [3.63, 3.8) is 0 Å². The summed E-state index contributed by atoms with van der Waals surface area (Å²) in [6.07, 6.45) is 11.2. The van der Waals surface area contributed by atoms with E-state index in [0.29, 0.717) is 41.4 Å². The van der Waals surface area contributed by atoms with E-state index in [-0.39, 0.29) is 30.8 Å². The maximum atomic E-state index is 12.6. The summed E-state index contributed by atoms with van der Waals surface area (Å²) in [7, 11) is 3.60. The normalized spacial score (nSPS) is 20.9. The van der Waals surface area contributed by atoms with Crippen LogP contribution >= 0.6 is 0 Å². The number of nitrogens with zero attached hydrogens (tertiary/aromatic N) is 5. The zero-order valence-corrected chi connectivity index (χ0v) is 20.8. The molecule has 0 bridgehead atoms. The molecule has 1 N–H and O–H groups in total. The third-order valence-electron chi connectivity index (χ3n) is 7.25. The number of carbonyl (C=O) groups is 2. The lowest BCUT2D eigenvalue weighted by atomic mass is 9.87. The molecule has 0 aromatic carbocycles. The van der Waals surface area contributed by atoms with Crippen LogP contribution in [0.4, 0.5) is 4.79 Å². The Morgan fingerprint density at radius 1 is 1.14 bits per heavy atom. The fraction of sp³-hybridized carbons (Fsp3) is 0.640. The molecular weight excluding hydrogens is 450 g/mol.